The summed E-state index contributed by atoms with van der Waals surface area (Å²) in [6, 6.07) is 4.14. The first-order valence-electron chi connectivity index (χ1n) is 8.42. The van der Waals surface area contributed by atoms with Crippen molar-refractivity contribution in [1.82, 2.24) is 10.0 Å². The van der Waals surface area contributed by atoms with E-state index in [0.717, 1.165) is 25.7 Å². The number of ether oxygens (including phenoxy) is 2. The molecule has 2 atom stereocenters. The predicted octanol–water partition coefficient (Wildman–Crippen LogP) is 0.821. The van der Waals surface area contributed by atoms with Gasteiger partial charge in [0.1, 0.15) is 0 Å². The van der Waals surface area contributed by atoms with Crippen molar-refractivity contribution in [2.75, 3.05) is 14.2 Å². The van der Waals surface area contributed by atoms with Gasteiger partial charge in [0, 0.05) is 18.1 Å². The van der Waals surface area contributed by atoms with E-state index in [1.807, 2.05) is 0 Å². The number of carbonyl (C=O) groups excluding carboxylic acids is 2. The van der Waals surface area contributed by atoms with Gasteiger partial charge in [-0.1, -0.05) is 0 Å². The molecule has 0 aliphatic carbocycles. The summed E-state index contributed by atoms with van der Waals surface area (Å²) in [5, 5.41) is 3.45. The largest absolute Gasteiger partial charge is 0.465 e. The van der Waals surface area contributed by atoms with Gasteiger partial charge in [-0.2, -0.15) is 0 Å². The Morgan fingerprint density at radius 3 is 1.96 bits per heavy atom. The van der Waals surface area contributed by atoms with Crippen LogP contribution in [-0.2, 0) is 19.5 Å². The molecule has 2 aliphatic rings. The topological polar surface area (TPSA) is 111 Å². The molecule has 0 spiro atoms. The van der Waals surface area contributed by atoms with Crippen molar-refractivity contribution >= 4 is 22.0 Å². The van der Waals surface area contributed by atoms with Crippen LogP contribution in [-0.4, -0.2) is 52.7 Å². The summed E-state index contributed by atoms with van der Waals surface area (Å²) >= 11 is 0. The van der Waals surface area contributed by atoms with Crippen LogP contribution in [0.5, 0.6) is 0 Å². The Morgan fingerprint density at radius 2 is 1.50 bits per heavy atom. The minimum absolute atomic E-state index is 0.0267. The first-order chi connectivity index (χ1) is 12.3. The van der Waals surface area contributed by atoms with E-state index in [-0.39, 0.29) is 22.1 Å². The number of piperidine rings is 1. The van der Waals surface area contributed by atoms with Crippen molar-refractivity contribution in [3.8, 4) is 0 Å². The van der Waals surface area contributed by atoms with Gasteiger partial charge in [-0.05, 0) is 43.9 Å². The predicted molar refractivity (Wildman–Crippen MR) is 92.4 cm³/mol. The molecule has 1 aromatic rings. The highest BCUT2D eigenvalue weighted by Crippen LogP contribution is 2.28. The van der Waals surface area contributed by atoms with Crippen molar-refractivity contribution in [3.63, 3.8) is 0 Å². The molecule has 1 aromatic carbocycles. The van der Waals surface area contributed by atoms with Crippen LogP contribution in [0.3, 0.4) is 0 Å². The number of fused-ring (bicyclic) bond motifs is 2. The summed E-state index contributed by atoms with van der Waals surface area (Å²) in [4.78, 5) is 23.5. The van der Waals surface area contributed by atoms with E-state index >= 15 is 0 Å². The third-order valence-electron chi connectivity index (χ3n) is 4.85. The molecular formula is C17H22N2O6S. The Hall–Kier alpha value is -1.97. The van der Waals surface area contributed by atoms with Crippen molar-refractivity contribution in [2.24, 2.45) is 0 Å². The zero-order valence-electron chi connectivity index (χ0n) is 14.7. The smallest absolute Gasteiger partial charge is 0.337 e. The van der Waals surface area contributed by atoms with Crippen LogP contribution in [0.15, 0.2) is 23.1 Å². The third-order valence-corrected chi connectivity index (χ3v) is 6.35. The standard InChI is InChI=1S/C17H22N2O6S/c1-24-16(20)10-5-11(17(21)25-2)7-15(6-10)26(22,23)19-14-8-12-3-4-13(9-14)18-12/h5-7,12-14,18-19H,3-4,8-9H2,1-2H3. The molecule has 142 valence electrons. The molecule has 2 unspecified atom stereocenters. The normalized spacial score (nSPS) is 24.9. The number of methoxy groups -OCH3 is 2. The maximum absolute atomic E-state index is 12.8. The van der Waals surface area contributed by atoms with Crippen LogP contribution in [0, 0.1) is 0 Å². The lowest BCUT2D eigenvalue weighted by Gasteiger charge is -2.29. The Kier molecular flexibility index (Phi) is 5.31. The SMILES string of the molecule is COC(=O)c1cc(C(=O)OC)cc(S(=O)(=O)NC2CC3CCC(C2)N3)c1. The van der Waals surface area contributed by atoms with E-state index in [4.69, 9.17) is 0 Å². The highest BCUT2D eigenvalue weighted by molar-refractivity contribution is 7.89. The Morgan fingerprint density at radius 1 is 1.00 bits per heavy atom. The van der Waals surface area contributed by atoms with Crippen molar-refractivity contribution < 1.29 is 27.5 Å². The quantitative estimate of drug-likeness (QED) is 0.725. The Labute approximate surface area is 152 Å². The van der Waals surface area contributed by atoms with Crippen molar-refractivity contribution in [1.29, 1.82) is 0 Å². The van der Waals surface area contributed by atoms with Crippen LogP contribution in [0.25, 0.3) is 0 Å². The molecule has 2 aliphatic heterocycles. The summed E-state index contributed by atoms with van der Waals surface area (Å²) < 4.78 is 37.6. The maximum atomic E-state index is 12.8. The fourth-order valence-electron chi connectivity index (χ4n) is 3.67. The maximum Gasteiger partial charge on any atom is 0.337 e. The number of benzene rings is 1. The molecule has 0 aromatic heterocycles. The number of sulfonamides is 1. The van der Waals surface area contributed by atoms with Crippen molar-refractivity contribution in [2.45, 2.75) is 48.7 Å². The number of esters is 2. The molecule has 0 saturated carbocycles. The van der Waals surface area contributed by atoms with Crippen LogP contribution in [0.4, 0.5) is 0 Å². The van der Waals surface area contributed by atoms with Gasteiger partial charge in [-0.15, -0.1) is 0 Å². The van der Waals surface area contributed by atoms with Gasteiger partial charge in [0.25, 0.3) is 0 Å². The second kappa shape index (κ2) is 7.34. The van der Waals surface area contributed by atoms with Crippen molar-refractivity contribution in [3.05, 3.63) is 29.3 Å². The lowest BCUT2D eigenvalue weighted by atomic mass is 10.0. The van der Waals surface area contributed by atoms with E-state index < -0.39 is 22.0 Å². The number of nitrogens with one attached hydrogen (secondary N) is 2. The van der Waals surface area contributed by atoms with Gasteiger partial charge in [-0.25, -0.2) is 22.7 Å². The summed E-state index contributed by atoms with van der Waals surface area (Å²) in [5.41, 5.74) is -0.0534. The molecule has 26 heavy (non-hydrogen) atoms. The number of hydrogen-bond donors (Lipinski definition) is 2. The lowest BCUT2D eigenvalue weighted by molar-refractivity contribution is 0.0598. The van der Waals surface area contributed by atoms with Gasteiger partial charge < -0.3 is 14.8 Å². The third kappa shape index (κ3) is 3.89. The number of rotatable bonds is 5. The van der Waals surface area contributed by atoms with E-state index in [0.29, 0.717) is 12.1 Å². The van der Waals surface area contributed by atoms with Crippen LogP contribution in [0.1, 0.15) is 46.4 Å². The van der Waals surface area contributed by atoms with Crippen LogP contribution < -0.4 is 10.0 Å². The second-order valence-electron chi connectivity index (χ2n) is 6.66. The number of carbonyl (C=O) groups is 2. The van der Waals surface area contributed by atoms with E-state index in [1.54, 1.807) is 0 Å². The van der Waals surface area contributed by atoms with E-state index in [1.165, 1.54) is 32.4 Å². The molecule has 8 nitrogen and oxygen atoms in total. The minimum atomic E-state index is -3.90. The fourth-order valence-corrected chi connectivity index (χ4v) is 5.00. The van der Waals surface area contributed by atoms with Gasteiger partial charge in [-0.3, -0.25) is 0 Å². The summed E-state index contributed by atoms with van der Waals surface area (Å²) in [5.74, 6) is -1.46. The molecule has 0 amide bonds. The summed E-state index contributed by atoms with van der Waals surface area (Å²) in [6.07, 6.45) is 3.53. The average Bonchev–Trinajstić information content (AvgIpc) is 2.97. The fraction of sp³-hybridized carbons (Fsp3) is 0.529. The first-order valence-corrected chi connectivity index (χ1v) is 9.91. The zero-order valence-corrected chi connectivity index (χ0v) is 15.5. The molecular weight excluding hydrogens is 360 g/mol. The molecule has 3 rings (SSSR count). The lowest BCUT2D eigenvalue weighted by Crippen LogP contribution is -2.47. The minimum Gasteiger partial charge on any atom is -0.465 e. The highest BCUT2D eigenvalue weighted by atomic mass is 32.2. The van der Waals surface area contributed by atoms with Gasteiger partial charge in [0.2, 0.25) is 10.0 Å². The zero-order chi connectivity index (χ0) is 18.9. The molecule has 2 N–H and O–H groups in total. The summed E-state index contributed by atoms with van der Waals surface area (Å²) in [7, 11) is -1.53. The molecule has 9 heteroatoms. The average molecular weight is 382 g/mol. The van der Waals surface area contributed by atoms with E-state index in [2.05, 4.69) is 19.5 Å². The molecule has 2 heterocycles. The summed E-state index contributed by atoms with van der Waals surface area (Å²) in [6.45, 7) is 0. The highest BCUT2D eigenvalue weighted by Gasteiger charge is 2.35. The second-order valence-corrected chi connectivity index (χ2v) is 8.37. The molecule has 2 fully saturated rings. The number of hydrogen-bond acceptors (Lipinski definition) is 7. The van der Waals surface area contributed by atoms with Crippen LogP contribution in [0.2, 0.25) is 0 Å². The Balaban J connectivity index is 1.90. The Bertz CT molecular complexity index is 776. The first kappa shape index (κ1) is 18.8. The van der Waals surface area contributed by atoms with Gasteiger partial charge in [0.05, 0.1) is 30.2 Å². The molecule has 2 bridgehead atoms. The van der Waals surface area contributed by atoms with Crippen LogP contribution >= 0.6 is 0 Å². The monoisotopic (exact) mass is 382 g/mol. The van der Waals surface area contributed by atoms with Gasteiger partial charge >= 0.3 is 11.9 Å². The van der Waals surface area contributed by atoms with Gasteiger partial charge in [0.15, 0.2) is 0 Å². The van der Waals surface area contributed by atoms with E-state index in [9.17, 15) is 18.0 Å². The molecule has 0 radical (unpaired) electrons. The molecule has 2 saturated heterocycles.